The molecule has 0 atom stereocenters. The zero-order valence-electron chi connectivity index (χ0n) is 14.4. The molecule has 0 radical (unpaired) electrons. The number of nitrogens with zero attached hydrogens (tertiary/aromatic N) is 4. The molecule has 0 aliphatic heterocycles. The van der Waals surface area contributed by atoms with E-state index in [9.17, 15) is 0 Å². The topological polar surface area (TPSA) is 51.6 Å². The third-order valence-electron chi connectivity index (χ3n) is 2.27. The Labute approximate surface area is 176 Å². The number of hydrogen-bond donors (Lipinski definition) is 0. The first-order chi connectivity index (χ1) is 13.4. The minimum Gasteiger partial charge on any atom is -0.265 e. The smallest absolute Gasteiger partial charge is 0.0267 e. The van der Waals surface area contributed by atoms with Crippen molar-refractivity contribution in [2.45, 2.75) is 0 Å². The monoisotopic (exact) mass is 578 g/mol. The van der Waals surface area contributed by atoms with Crippen molar-refractivity contribution < 1.29 is 15.4 Å². The Balaban J connectivity index is 0.000000319. The fourth-order valence-electron chi connectivity index (χ4n) is 1.25. The molecule has 0 spiro atoms. The van der Waals surface area contributed by atoms with Gasteiger partial charge in [-0.15, -0.1) is 0 Å². The van der Waals surface area contributed by atoms with Crippen molar-refractivity contribution in [2.24, 2.45) is 0 Å². The standard InChI is InChI=1S/4C5H5N.2ClH.Os/c4*1-2-4-6-5-3-1;;;/h4*1-5H;2*1H;/q;;;;;;+2/p-2. The molecule has 4 aromatic heterocycles. The second-order valence-corrected chi connectivity index (χ2v) is 7.82. The third kappa shape index (κ3) is 23.8. The van der Waals surface area contributed by atoms with Crippen LogP contribution >= 0.6 is 19.3 Å². The van der Waals surface area contributed by atoms with Gasteiger partial charge in [0.15, 0.2) is 0 Å². The van der Waals surface area contributed by atoms with E-state index >= 15 is 0 Å². The molecule has 4 heterocycles. The van der Waals surface area contributed by atoms with Gasteiger partial charge in [-0.1, -0.05) is 24.3 Å². The zero-order valence-corrected chi connectivity index (χ0v) is 18.5. The summed E-state index contributed by atoms with van der Waals surface area (Å²) in [4.78, 5) is 15.1. The van der Waals surface area contributed by atoms with E-state index in [0.717, 1.165) is 0 Å². The van der Waals surface area contributed by atoms with Crippen LogP contribution in [0.4, 0.5) is 0 Å². The van der Waals surface area contributed by atoms with E-state index in [-0.39, 0.29) is 0 Å². The molecule has 4 rings (SSSR count). The predicted octanol–water partition coefficient (Wildman–Crippen LogP) is 5.70. The third-order valence-corrected chi connectivity index (χ3v) is 2.27. The van der Waals surface area contributed by atoms with Gasteiger partial charge in [-0.25, -0.2) is 0 Å². The normalized spacial score (nSPS) is 7.93. The Kier molecular flexibility index (Phi) is 21.9. The van der Waals surface area contributed by atoms with Crippen molar-refractivity contribution in [2.75, 3.05) is 0 Å². The van der Waals surface area contributed by atoms with Crippen molar-refractivity contribution in [3.8, 4) is 0 Å². The van der Waals surface area contributed by atoms with Gasteiger partial charge in [0.25, 0.3) is 0 Å². The summed E-state index contributed by atoms with van der Waals surface area (Å²) >= 11 is -0.639. The van der Waals surface area contributed by atoms with E-state index in [1.807, 2.05) is 72.8 Å². The minimum absolute atomic E-state index is 0.639. The van der Waals surface area contributed by atoms with Crippen molar-refractivity contribution in [3.63, 3.8) is 0 Å². The SMILES string of the molecule is [Cl][Os][Cl].c1ccncc1.c1ccncc1.c1ccncc1.c1ccncc1. The summed E-state index contributed by atoms with van der Waals surface area (Å²) < 4.78 is 0. The Morgan fingerprint density at radius 2 is 0.481 bits per heavy atom. The average Bonchev–Trinajstić information content (AvgIpc) is 2.80. The van der Waals surface area contributed by atoms with Crippen LogP contribution in [0.1, 0.15) is 0 Å². The van der Waals surface area contributed by atoms with Gasteiger partial charge in [0.2, 0.25) is 0 Å². The van der Waals surface area contributed by atoms with Gasteiger partial charge in [0.05, 0.1) is 0 Å². The molecule has 0 N–H and O–H groups in total. The molecule has 0 aliphatic carbocycles. The molecule has 0 saturated heterocycles. The molecule has 0 bridgehead atoms. The molecule has 0 amide bonds. The maximum atomic E-state index is 4.90. The molecule has 0 aromatic carbocycles. The number of aromatic nitrogens is 4. The molecule has 0 fully saturated rings. The zero-order chi connectivity index (χ0) is 19.7. The van der Waals surface area contributed by atoms with Crippen LogP contribution in [0.25, 0.3) is 0 Å². The fraction of sp³-hybridized carbons (Fsp3) is 0. The van der Waals surface area contributed by atoms with E-state index in [0.29, 0.717) is 0 Å². The summed E-state index contributed by atoms with van der Waals surface area (Å²) in [7, 11) is 9.81. The first kappa shape index (κ1) is 24.8. The first-order valence-electron chi connectivity index (χ1n) is 7.67. The van der Waals surface area contributed by atoms with Crippen LogP contribution < -0.4 is 0 Å². The first-order valence-corrected chi connectivity index (χ1v) is 14.0. The van der Waals surface area contributed by atoms with Gasteiger partial charge in [-0.2, -0.15) is 0 Å². The second kappa shape index (κ2) is 23.8. The number of rotatable bonds is 0. The molecule has 0 unspecified atom stereocenters. The van der Waals surface area contributed by atoms with Gasteiger partial charge >= 0.3 is 34.7 Å². The molecule has 4 aromatic rings. The van der Waals surface area contributed by atoms with Crippen molar-refractivity contribution in [3.05, 3.63) is 122 Å². The Morgan fingerprint density at radius 1 is 0.333 bits per heavy atom. The average molecular weight is 578 g/mol. The van der Waals surface area contributed by atoms with E-state index in [1.165, 1.54) is 0 Å². The maximum absolute atomic E-state index is 4.90. The quantitative estimate of drug-likeness (QED) is 0.269. The summed E-state index contributed by atoms with van der Waals surface area (Å²) in [5.74, 6) is 0. The Bertz CT molecular complexity index is 461. The molecule has 7 heteroatoms. The molecular formula is C20H20Cl2N4Os. The predicted molar refractivity (Wildman–Crippen MR) is 109 cm³/mol. The second-order valence-electron chi connectivity index (χ2n) is 4.15. The molecular weight excluding hydrogens is 557 g/mol. The molecule has 0 aliphatic rings. The minimum atomic E-state index is -0.639. The number of hydrogen-bond acceptors (Lipinski definition) is 4. The van der Waals surface area contributed by atoms with Crippen molar-refractivity contribution in [1.29, 1.82) is 0 Å². The van der Waals surface area contributed by atoms with Crippen LogP contribution in [0.15, 0.2) is 122 Å². The summed E-state index contributed by atoms with van der Waals surface area (Å²) in [6.45, 7) is 0. The largest absolute Gasteiger partial charge is 0.265 e. The number of halogens is 2. The van der Waals surface area contributed by atoms with Gasteiger partial charge in [0.1, 0.15) is 0 Å². The molecule has 0 saturated carbocycles. The van der Waals surface area contributed by atoms with Crippen LogP contribution in [-0.2, 0) is 15.4 Å². The molecule has 4 nitrogen and oxygen atoms in total. The van der Waals surface area contributed by atoms with Crippen LogP contribution in [0.5, 0.6) is 0 Å². The fourth-order valence-corrected chi connectivity index (χ4v) is 1.25. The van der Waals surface area contributed by atoms with E-state index in [1.54, 1.807) is 49.6 Å². The van der Waals surface area contributed by atoms with Crippen molar-refractivity contribution in [1.82, 2.24) is 19.9 Å². The Hall–Kier alpha value is -2.18. The van der Waals surface area contributed by atoms with Crippen LogP contribution in [0, 0.1) is 0 Å². The van der Waals surface area contributed by atoms with Crippen LogP contribution in [0.2, 0.25) is 0 Å². The maximum Gasteiger partial charge on any atom is 0.0267 e. The van der Waals surface area contributed by atoms with Crippen LogP contribution in [0.3, 0.4) is 0 Å². The van der Waals surface area contributed by atoms with E-state index < -0.39 is 15.4 Å². The number of pyridine rings is 4. The molecule has 27 heavy (non-hydrogen) atoms. The van der Waals surface area contributed by atoms with Gasteiger partial charge in [-0.3, -0.25) is 19.9 Å². The van der Waals surface area contributed by atoms with E-state index in [4.69, 9.17) is 19.3 Å². The van der Waals surface area contributed by atoms with Gasteiger partial charge in [0, 0.05) is 49.6 Å². The molecule has 142 valence electrons. The van der Waals surface area contributed by atoms with Gasteiger partial charge in [-0.05, 0) is 48.5 Å². The summed E-state index contributed by atoms with van der Waals surface area (Å²) in [5.41, 5.74) is 0. The van der Waals surface area contributed by atoms with Gasteiger partial charge < -0.3 is 0 Å². The summed E-state index contributed by atoms with van der Waals surface area (Å²) in [5, 5.41) is 0. The van der Waals surface area contributed by atoms with Crippen LogP contribution in [-0.4, -0.2) is 19.9 Å². The van der Waals surface area contributed by atoms with E-state index in [2.05, 4.69) is 19.9 Å². The summed E-state index contributed by atoms with van der Waals surface area (Å²) in [6, 6.07) is 22.9. The van der Waals surface area contributed by atoms with Crippen molar-refractivity contribution >= 4 is 19.3 Å². The summed E-state index contributed by atoms with van der Waals surface area (Å²) in [6.07, 6.45) is 14.0. The Morgan fingerprint density at radius 3 is 0.519 bits per heavy atom.